The SMILES string of the molecule is C.CC.NCc1ccc(N2CCC(c3ccc(OC(F)(F)F)cc3)CC2)cc1. The summed E-state index contributed by atoms with van der Waals surface area (Å²) in [6.45, 7) is 6.39. The van der Waals surface area contributed by atoms with E-state index < -0.39 is 6.36 Å². The fraction of sp³-hybridized carbons (Fsp3) is 0.455. The van der Waals surface area contributed by atoms with Crippen molar-refractivity contribution in [2.75, 3.05) is 18.0 Å². The van der Waals surface area contributed by atoms with Crippen LogP contribution in [0.25, 0.3) is 0 Å². The maximum Gasteiger partial charge on any atom is 0.573 e. The molecule has 0 aliphatic carbocycles. The number of nitrogens with two attached hydrogens (primary N) is 1. The average molecular weight is 396 g/mol. The van der Waals surface area contributed by atoms with Gasteiger partial charge in [-0.3, -0.25) is 0 Å². The number of alkyl halides is 3. The smallest absolute Gasteiger partial charge is 0.406 e. The Morgan fingerprint density at radius 3 is 1.96 bits per heavy atom. The highest BCUT2D eigenvalue weighted by molar-refractivity contribution is 5.48. The van der Waals surface area contributed by atoms with Crippen molar-refractivity contribution >= 4 is 5.69 Å². The largest absolute Gasteiger partial charge is 0.573 e. The summed E-state index contributed by atoms with van der Waals surface area (Å²) in [5.41, 5.74) is 8.98. The van der Waals surface area contributed by atoms with Gasteiger partial charge in [0.2, 0.25) is 0 Å². The number of ether oxygens (including phenoxy) is 1. The molecule has 1 saturated heterocycles. The van der Waals surface area contributed by atoms with E-state index in [0.29, 0.717) is 12.5 Å². The van der Waals surface area contributed by atoms with Gasteiger partial charge in [-0.15, -0.1) is 13.2 Å². The second-order valence-corrected chi connectivity index (χ2v) is 6.25. The third-order valence-corrected chi connectivity index (χ3v) is 4.62. The maximum atomic E-state index is 12.2. The van der Waals surface area contributed by atoms with Gasteiger partial charge in [0, 0.05) is 25.3 Å². The van der Waals surface area contributed by atoms with E-state index >= 15 is 0 Å². The fourth-order valence-corrected chi connectivity index (χ4v) is 3.26. The predicted octanol–water partition coefficient (Wildman–Crippen LogP) is 6.09. The van der Waals surface area contributed by atoms with Crippen molar-refractivity contribution in [1.82, 2.24) is 0 Å². The van der Waals surface area contributed by atoms with Crippen LogP contribution in [0, 0.1) is 0 Å². The van der Waals surface area contributed by atoms with Crippen LogP contribution in [0.15, 0.2) is 48.5 Å². The van der Waals surface area contributed by atoms with Crippen molar-refractivity contribution < 1.29 is 17.9 Å². The van der Waals surface area contributed by atoms with E-state index in [1.165, 1.54) is 17.8 Å². The van der Waals surface area contributed by atoms with E-state index in [2.05, 4.69) is 21.8 Å². The molecule has 1 heterocycles. The molecule has 1 aliphatic heterocycles. The van der Waals surface area contributed by atoms with E-state index in [1.807, 2.05) is 26.0 Å². The second kappa shape index (κ2) is 11.0. The Morgan fingerprint density at radius 2 is 1.50 bits per heavy atom. The molecule has 3 nitrogen and oxygen atoms in total. The standard InChI is InChI=1S/C19H21F3N2O.C2H6.CH4/c20-19(21,22)25-18-7-3-15(4-8-18)16-9-11-24(12-10-16)17-5-1-14(13-23)2-6-17;1-2;/h1-8,16H,9-13,23H2;1-2H3;1H4. The van der Waals surface area contributed by atoms with Crippen LogP contribution < -0.4 is 15.4 Å². The van der Waals surface area contributed by atoms with Crippen LogP contribution in [0.3, 0.4) is 0 Å². The summed E-state index contributed by atoms with van der Waals surface area (Å²) >= 11 is 0. The third-order valence-electron chi connectivity index (χ3n) is 4.62. The van der Waals surface area contributed by atoms with Crippen molar-refractivity contribution in [2.45, 2.75) is 52.9 Å². The minimum atomic E-state index is -4.65. The van der Waals surface area contributed by atoms with E-state index in [0.717, 1.165) is 37.1 Å². The number of hydrogen-bond donors (Lipinski definition) is 1. The lowest BCUT2D eigenvalue weighted by Gasteiger charge is -2.34. The zero-order valence-corrected chi connectivity index (χ0v) is 15.8. The molecule has 2 aromatic carbocycles. The Kier molecular flexibility index (Phi) is 9.32. The lowest BCUT2D eigenvalue weighted by Crippen LogP contribution is -2.32. The molecule has 0 aromatic heterocycles. The van der Waals surface area contributed by atoms with Crippen LogP contribution >= 0.6 is 0 Å². The van der Waals surface area contributed by atoms with Gasteiger partial charge in [-0.25, -0.2) is 0 Å². The minimum Gasteiger partial charge on any atom is -0.406 e. The van der Waals surface area contributed by atoms with E-state index in [-0.39, 0.29) is 13.2 Å². The van der Waals surface area contributed by atoms with Crippen LogP contribution in [-0.2, 0) is 6.54 Å². The first kappa shape index (κ1) is 23.8. The van der Waals surface area contributed by atoms with Gasteiger partial charge in [0.15, 0.2) is 0 Å². The zero-order valence-electron chi connectivity index (χ0n) is 15.8. The summed E-state index contributed by atoms with van der Waals surface area (Å²) in [6, 6.07) is 14.5. The van der Waals surface area contributed by atoms with Crippen LogP contribution in [0.5, 0.6) is 5.75 Å². The summed E-state index contributed by atoms with van der Waals surface area (Å²) in [5.74, 6) is 0.188. The quantitative estimate of drug-likeness (QED) is 0.680. The Labute approximate surface area is 166 Å². The molecular formula is C22H31F3N2O. The number of benzene rings is 2. The first-order valence-corrected chi connectivity index (χ1v) is 9.34. The third kappa shape index (κ3) is 6.75. The van der Waals surface area contributed by atoms with Crippen molar-refractivity contribution in [3.63, 3.8) is 0 Å². The van der Waals surface area contributed by atoms with Gasteiger partial charge in [-0.05, 0) is 54.2 Å². The first-order chi connectivity index (χ1) is 12.9. The molecule has 2 N–H and O–H groups in total. The molecule has 156 valence electrons. The fourth-order valence-electron chi connectivity index (χ4n) is 3.26. The highest BCUT2D eigenvalue weighted by Crippen LogP contribution is 2.32. The molecule has 0 atom stereocenters. The van der Waals surface area contributed by atoms with E-state index in [9.17, 15) is 13.2 Å². The molecule has 0 bridgehead atoms. The Morgan fingerprint density at radius 1 is 0.964 bits per heavy atom. The van der Waals surface area contributed by atoms with Gasteiger partial charge in [-0.1, -0.05) is 45.5 Å². The van der Waals surface area contributed by atoms with Crippen molar-refractivity contribution in [2.24, 2.45) is 5.73 Å². The van der Waals surface area contributed by atoms with E-state index in [1.54, 1.807) is 12.1 Å². The molecule has 3 rings (SSSR count). The molecule has 0 amide bonds. The van der Waals surface area contributed by atoms with Gasteiger partial charge in [0.25, 0.3) is 0 Å². The first-order valence-electron chi connectivity index (χ1n) is 9.34. The molecular weight excluding hydrogens is 365 g/mol. The van der Waals surface area contributed by atoms with Gasteiger partial charge in [-0.2, -0.15) is 0 Å². The van der Waals surface area contributed by atoms with Gasteiger partial charge in [0.1, 0.15) is 5.75 Å². The topological polar surface area (TPSA) is 38.5 Å². The van der Waals surface area contributed by atoms with Gasteiger partial charge >= 0.3 is 6.36 Å². The molecule has 0 spiro atoms. The molecule has 0 radical (unpaired) electrons. The lowest BCUT2D eigenvalue weighted by atomic mass is 9.89. The summed E-state index contributed by atoms with van der Waals surface area (Å²) in [7, 11) is 0. The Balaban J connectivity index is 0.00000127. The molecule has 28 heavy (non-hydrogen) atoms. The average Bonchev–Trinajstić information content (AvgIpc) is 2.69. The normalized spacial score (nSPS) is 14.6. The van der Waals surface area contributed by atoms with Crippen molar-refractivity contribution in [3.8, 4) is 5.75 Å². The number of piperidine rings is 1. The summed E-state index contributed by atoms with van der Waals surface area (Å²) in [5, 5.41) is 0. The second-order valence-electron chi connectivity index (χ2n) is 6.25. The van der Waals surface area contributed by atoms with Crippen LogP contribution in [0.1, 0.15) is 51.2 Å². The number of nitrogens with zero attached hydrogens (tertiary/aromatic N) is 1. The number of rotatable bonds is 4. The summed E-state index contributed by atoms with van der Waals surface area (Å²) < 4.78 is 40.6. The lowest BCUT2D eigenvalue weighted by molar-refractivity contribution is -0.274. The molecule has 1 fully saturated rings. The Bertz CT molecular complexity index is 676. The number of halogens is 3. The monoisotopic (exact) mass is 396 g/mol. The number of hydrogen-bond acceptors (Lipinski definition) is 3. The highest BCUT2D eigenvalue weighted by atomic mass is 19.4. The summed E-state index contributed by atoms with van der Waals surface area (Å²) in [6.07, 6.45) is -2.71. The van der Waals surface area contributed by atoms with Crippen LogP contribution in [0.4, 0.5) is 18.9 Å². The summed E-state index contributed by atoms with van der Waals surface area (Å²) in [4.78, 5) is 2.33. The van der Waals surface area contributed by atoms with Crippen molar-refractivity contribution in [3.05, 3.63) is 59.7 Å². The van der Waals surface area contributed by atoms with E-state index in [4.69, 9.17) is 5.73 Å². The van der Waals surface area contributed by atoms with Gasteiger partial charge in [0.05, 0.1) is 0 Å². The van der Waals surface area contributed by atoms with Crippen LogP contribution in [0.2, 0.25) is 0 Å². The molecule has 2 aromatic rings. The van der Waals surface area contributed by atoms with Gasteiger partial charge < -0.3 is 15.4 Å². The Hall–Kier alpha value is -2.21. The molecule has 0 saturated carbocycles. The minimum absolute atomic E-state index is 0. The predicted molar refractivity (Wildman–Crippen MR) is 110 cm³/mol. The zero-order chi connectivity index (χ0) is 19.9. The van der Waals surface area contributed by atoms with Crippen molar-refractivity contribution in [1.29, 1.82) is 0 Å². The number of anilines is 1. The van der Waals surface area contributed by atoms with Crippen LogP contribution in [-0.4, -0.2) is 19.5 Å². The highest BCUT2D eigenvalue weighted by Gasteiger charge is 2.31. The molecule has 6 heteroatoms. The molecule has 0 unspecified atom stereocenters. The molecule has 1 aliphatic rings. The maximum absolute atomic E-state index is 12.2.